The first-order valence-corrected chi connectivity index (χ1v) is 7.75. The Morgan fingerprint density at radius 1 is 1.17 bits per heavy atom. The normalized spacial score (nSPS) is 13.4. The zero-order chi connectivity index (χ0) is 16.1. The minimum Gasteiger partial charge on any atom is -0.494 e. The molecule has 1 aliphatic rings. The van der Waals surface area contributed by atoms with Crippen LogP contribution in [0.1, 0.15) is 29.9 Å². The lowest BCUT2D eigenvalue weighted by Gasteiger charge is -2.11. The van der Waals surface area contributed by atoms with Gasteiger partial charge >= 0.3 is 0 Å². The maximum absolute atomic E-state index is 9.42. The number of aryl methyl sites for hydroxylation is 1. The summed E-state index contributed by atoms with van der Waals surface area (Å²) in [5.74, 6) is 2.18. The van der Waals surface area contributed by atoms with Gasteiger partial charge in [0.15, 0.2) is 11.5 Å². The van der Waals surface area contributed by atoms with Crippen molar-refractivity contribution in [3.63, 3.8) is 0 Å². The quantitative estimate of drug-likeness (QED) is 0.751. The van der Waals surface area contributed by atoms with Gasteiger partial charge in [-0.05, 0) is 55.2 Å². The summed E-state index contributed by atoms with van der Waals surface area (Å²) in [6, 6.07) is 16.1. The Morgan fingerprint density at radius 2 is 2.04 bits per heavy atom. The highest BCUT2D eigenvalue weighted by molar-refractivity contribution is 5.46. The van der Waals surface area contributed by atoms with Gasteiger partial charge in [0, 0.05) is 0 Å². The van der Waals surface area contributed by atoms with E-state index in [4.69, 9.17) is 14.2 Å². The molecule has 0 bridgehead atoms. The van der Waals surface area contributed by atoms with Crippen LogP contribution in [-0.2, 0) is 0 Å². The Balaban J connectivity index is 1.53. The van der Waals surface area contributed by atoms with Gasteiger partial charge in [0.2, 0.25) is 6.79 Å². The third-order valence-corrected chi connectivity index (χ3v) is 3.85. The average Bonchev–Trinajstić information content (AvgIpc) is 3.02. The van der Waals surface area contributed by atoms with E-state index in [9.17, 15) is 5.26 Å². The summed E-state index contributed by atoms with van der Waals surface area (Å²) >= 11 is 0. The van der Waals surface area contributed by atoms with Crippen molar-refractivity contribution in [2.45, 2.75) is 25.7 Å². The molecule has 0 aromatic heterocycles. The molecule has 2 aromatic rings. The number of hydrogen-bond acceptors (Lipinski definition) is 4. The van der Waals surface area contributed by atoms with Gasteiger partial charge in [-0.15, -0.1) is 0 Å². The number of benzene rings is 2. The molecule has 118 valence electrons. The Bertz CT molecular complexity index is 721. The molecule has 0 amide bonds. The van der Waals surface area contributed by atoms with Crippen molar-refractivity contribution in [2.24, 2.45) is 0 Å². The fourth-order valence-corrected chi connectivity index (χ4v) is 2.62. The maximum Gasteiger partial charge on any atom is 0.231 e. The molecule has 0 aliphatic carbocycles. The third-order valence-electron chi connectivity index (χ3n) is 3.85. The molecule has 3 rings (SSSR count). The second-order valence-electron chi connectivity index (χ2n) is 5.60. The second-order valence-corrected chi connectivity index (χ2v) is 5.60. The molecule has 2 aromatic carbocycles. The van der Waals surface area contributed by atoms with Crippen LogP contribution >= 0.6 is 0 Å². The standard InChI is InChI=1S/C19H19NO3/c1-14-4-2-6-17(10-14)21-9-3-5-16(12-20)15-7-8-18-19(11-15)23-13-22-18/h2,4,6-8,10-11,16H,3,5,9,13H2,1H3. The Labute approximate surface area is 136 Å². The van der Waals surface area contributed by atoms with Gasteiger partial charge < -0.3 is 14.2 Å². The smallest absolute Gasteiger partial charge is 0.231 e. The van der Waals surface area contributed by atoms with E-state index < -0.39 is 0 Å². The van der Waals surface area contributed by atoms with Crippen LogP contribution in [0, 0.1) is 18.3 Å². The molecule has 1 atom stereocenters. The Kier molecular flexibility index (Phi) is 4.68. The molecule has 0 N–H and O–H groups in total. The molecule has 1 aliphatic heterocycles. The minimum absolute atomic E-state index is 0.161. The molecular formula is C19H19NO3. The summed E-state index contributed by atoms with van der Waals surface area (Å²) in [5, 5.41) is 9.42. The molecule has 4 heteroatoms. The lowest BCUT2D eigenvalue weighted by Crippen LogP contribution is -2.02. The maximum atomic E-state index is 9.42. The fourth-order valence-electron chi connectivity index (χ4n) is 2.62. The van der Waals surface area contributed by atoms with Crippen molar-refractivity contribution >= 4 is 0 Å². The van der Waals surface area contributed by atoms with E-state index in [2.05, 4.69) is 6.07 Å². The predicted molar refractivity (Wildman–Crippen MR) is 86.8 cm³/mol. The number of nitriles is 1. The van der Waals surface area contributed by atoms with Gasteiger partial charge in [-0.2, -0.15) is 5.26 Å². The highest BCUT2D eigenvalue weighted by Gasteiger charge is 2.17. The summed E-state index contributed by atoms with van der Waals surface area (Å²) in [5.41, 5.74) is 2.14. The van der Waals surface area contributed by atoms with E-state index in [0.29, 0.717) is 6.61 Å². The van der Waals surface area contributed by atoms with Gasteiger partial charge in [-0.3, -0.25) is 0 Å². The molecule has 0 saturated carbocycles. The van der Waals surface area contributed by atoms with E-state index >= 15 is 0 Å². The van der Waals surface area contributed by atoms with Gasteiger partial charge in [-0.1, -0.05) is 18.2 Å². The first-order valence-electron chi connectivity index (χ1n) is 7.75. The van der Waals surface area contributed by atoms with E-state index in [0.717, 1.165) is 35.7 Å². The summed E-state index contributed by atoms with van der Waals surface area (Å²) < 4.78 is 16.4. The average molecular weight is 309 g/mol. The zero-order valence-electron chi connectivity index (χ0n) is 13.1. The molecule has 0 radical (unpaired) electrons. The number of ether oxygens (including phenoxy) is 3. The first-order chi connectivity index (χ1) is 11.3. The highest BCUT2D eigenvalue weighted by Crippen LogP contribution is 2.35. The van der Waals surface area contributed by atoms with Crippen LogP contribution < -0.4 is 14.2 Å². The molecule has 1 unspecified atom stereocenters. The number of fused-ring (bicyclic) bond motifs is 1. The van der Waals surface area contributed by atoms with Gasteiger partial charge in [-0.25, -0.2) is 0 Å². The van der Waals surface area contributed by atoms with Crippen LogP contribution in [0.4, 0.5) is 0 Å². The van der Waals surface area contributed by atoms with Gasteiger partial charge in [0.05, 0.1) is 18.6 Å². The van der Waals surface area contributed by atoms with Crippen LogP contribution in [0.15, 0.2) is 42.5 Å². The molecular weight excluding hydrogens is 290 g/mol. The molecule has 0 fully saturated rings. The SMILES string of the molecule is Cc1cccc(OCCCC(C#N)c2ccc3c(c2)OCO3)c1. The van der Waals surface area contributed by atoms with Crippen molar-refractivity contribution in [3.05, 3.63) is 53.6 Å². The van der Waals surface area contributed by atoms with Crippen LogP contribution in [0.3, 0.4) is 0 Å². The number of nitrogens with zero attached hydrogens (tertiary/aromatic N) is 1. The highest BCUT2D eigenvalue weighted by atomic mass is 16.7. The minimum atomic E-state index is -0.161. The number of hydrogen-bond donors (Lipinski definition) is 0. The van der Waals surface area contributed by atoms with Crippen molar-refractivity contribution in [1.82, 2.24) is 0 Å². The van der Waals surface area contributed by atoms with E-state index in [-0.39, 0.29) is 12.7 Å². The predicted octanol–water partition coefficient (Wildman–Crippen LogP) is 4.19. The van der Waals surface area contributed by atoms with Crippen molar-refractivity contribution in [3.8, 4) is 23.3 Å². The zero-order valence-corrected chi connectivity index (χ0v) is 13.1. The van der Waals surface area contributed by atoms with Crippen LogP contribution in [0.25, 0.3) is 0 Å². The molecule has 23 heavy (non-hydrogen) atoms. The lowest BCUT2D eigenvalue weighted by atomic mass is 9.95. The van der Waals surface area contributed by atoms with Gasteiger partial charge in [0.1, 0.15) is 5.75 Å². The van der Waals surface area contributed by atoms with Crippen molar-refractivity contribution in [1.29, 1.82) is 5.26 Å². The van der Waals surface area contributed by atoms with Crippen molar-refractivity contribution in [2.75, 3.05) is 13.4 Å². The molecule has 4 nitrogen and oxygen atoms in total. The summed E-state index contributed by atoms with van der Waals surface area (Å²) in [4.78, 5) is 0. The number of rotatable bonds is 6. The van der Waals surface area contributed by atoms with Gasteiger partial charge in [0.25, 0.3) is 0 Å². The molecule has 1 heterocycles. The van der Waals surface area contributed by atoms with Crippen LogP contribution in [-0.4, -0.2) is 13.4 Å². The topological polar surface area (TPSA) is 51.5 Å². The molecule has 0 spiro atoms. The molecule has 0 saturated heterocycles. The van der Waals surface area contributed by atoms with Crippen molar-refractivity contribution < 1.29 is 14.2 Å². The summed E-state index contributed by atoms with van der Waals surface area (Å²) in [7, 11) is 0. The Morgan fingerprint density at radius 3 is 2.87 bits per heavy atom. The fraction of sp³-hybridized carbons (Fsp3) is 0.316. The third kappa shape index (κ3) is 3.75. The van der Waals surface area contributed by atoms with E-state index in [1.807, 2.05) is 49.4 Å². The lowest BCUT2D eigenvalue weighted by molar-refractivity contribution is 0.174. The van der Waals surface area contributed by atoms with Crippen LogP contribution in [0.2, 0.25) is 0 Å². The first kappa shape index (κ1) is 15.2. The Hall–Kier alpha value is -2.67. The van der Waals surface area contributed by atoms with Crippen LogP contribution in [0.5, 0.6) is 17.2 Å². The van der Waals surface area contributed by atoms with E-state index in [1.54, 1.807) is 0 Å². The summed E-state index contributed by atoms with van der Waals surface area (Å²) in [6.45, 7) is 2.89. The largest absolute Gasteiger partial charge is 0.494 e. The summed E-state index contributed by atoms with van der Waals surface area (Å²) in [6.07, 6.45) is 1.57. The van der Waals surface area contributed by atoms with E-state index in [1.165, 1.54) is 5.56 Å². The second kappa shape index (κ2) is 7.06. The monoisotopic (exact) mass is 309 g/mol.